The van der Waals surface area contributed by atoms with E-state index in [1.165, 1.54) is 11.8 Å². The van der Waals surface area contributed by atoms with E-state index in [0.717, 1.165) is 34.4 Å². The van der Waals surface area contributed by atoms with Crippen molar-refractivity contribution in [3.63, 3.8) is 0 Å². The number of ether oxygens (including phenoxy) is 2. The third kappa shape index (κ3) is 6.68. The summed E-state index contributed by atoms with van der Waals surface area (Å²) >= 11 is 1.79. The van der Waals surface area contributed by atoms with Crippen LogP contribution in [0.1, 0.15) is 48.0 Å². The first kappa shape index (κ1) is 23.5. The van der Waals surface area contributed by atoms with Crippen molar-refractivity contribution in [2.75, 3.05) is 5.75 Å². The van der Waals surface area contributed by atoms with Crippen LogP contribution in [0.25, 0.3) is 0 Å². The molecule has 0 radical (unpaired) electrons. The van der Waals surface area contributed by atoms with E-state index >= 15 is 0 Å². The van der Waals surface area contributed by atoms with Crippen molar-refractivity contribution < 1.29 is 19.4 Å². The summed E-state index contributed by atoms with van der Waals surface area (Å²) in [4.78, 5) is 12.4. The van der Waals surface area contributed by atoms with Crippen molar-refractivity contribution in [1.29, 1.82) is 0 Å². The Bertz CT molecular complexity index is 1020. The van der Waals surface area contributed by atoms with Gasteiger partial charge in [0, 0.05) is 36.1 Å². The molecule has 4 rings (SSSR count). The molecule has 3 aromatic carbocycles. The third-order valence-electron chi connectivity index (χ3n) is 5.59. The maximum absolute atomic E-state index is 11.2. The van der Waals surface area contributed by atoms with Crippen LogP contribution in [0, 0.1) is 0 Å². The summed E-state index contributed by atoms with van der Waals surface area (Å²) in [5.74, 6) is 0.780. The highest BCUT2D eigenvalue weighted by molar-refractivity contribution is 7.99. The molecular formula is C27H29NO4S. The first-order valence-corrected chi connectivity index (χ1v) is 12.1. The highest BCUT2D eigenvalue weighted by atomic mass is 32.2. The topological polar surface area (TPSA) is 67.8 Å². The number of hydrogen-bond donors (Lipinski definition) is 2. The van der Waals surface area contributed by atoms with Gasteiger partial charge in [-0.15, -0.1) is 11.8 Å². The minimum Gasteiger partial charge on any atom is -0.392 e. The average Bonchev–Trinajstić information content (AvgIpc) is 2.87. The fourth-order valence-electron chi connectivity index (χ4n) is 3.75. The van der Waals surface area contributed by atoms with Gasteiger partial charge in [-0.2, -0.15) is 0 Å². The highest BCUT2D eigenvalue weighted by Gasteiger charge is 2.32. The Kier molecular flexibility index (Phi) is 8.18. The molecule has 2 N–H and O–H groups in total. The molecule has 0 saturated carbocycles. The van der Waals surface area contributed by atoms with E-state index < -0.39 is 6.29 Å². The van der Waals surface area contributed by atoms with Crippen LogP contribution in [-0.4, -0.2) is 22.9 Å². The number of carbonyl (C=O) groups excluding carboxylic acids is 1. The summed E-state index contributed by atoms with van der Waals surface area (Å²) in [5, 5.41) is 12.2. The maximum atomic E-state index is 11.2. The molecule has 3 aromatic rings. The molecule has 33 heavy (non-hydrogen) atoms. The lowest BCUT2D eigenvalue weighted by Crippen LogP contribution is -2.31. The first-order valence-electron chi connectivity index (χ1n) is 11.1. The zero-order chi connectivity index (χ0) is 23.0. The summed E-state index contributed by atoms with van der Waals surface area (Å²) < 4.78 is 12.8. The van der Waals surface area contributed by atoms with Gasteiger partial charge in [0.1, 0.15) is 0 Å². The minimum absolute atomic E-state index is 0.0236. The molecule has 0 aliphatic carbocycles. The fraction of sp³-hybridized carbons (Fsp3) is 0.296. The quantitative estimate of drug-likeness (QED) is 0.452. The van der Waals surface area contributed by atoms with Crippen molar-refractivity contribution in [1.82, 2.24) is 5.32 Å². The van der Waals surface area contributed by atoms with Gasteiger partial charge in [-0.1, -0.05) is 66.7 Å². The Morgan fingerprint density at radius 3 is 2.27 bits per heavy atom. The Balaban J connectivity index is 1.49. The van der Waals surface area contributed by atoms with Crippen molar-refractivity contribution in [2.45, 2.75) is 49.9 Å². The van der Waals surface area contributed by atoms with E-state index in [4.69, 9.17) is 9.47 Å². The summed E-state index contributed by atoms with van der Waals surface area (Å²) in [6, 6.07) is 26.2. The van der Waals surface area contributed by atoms with Gasteiger partial charge in [0.25, 0.3) is 0 Å². The predicted molar refractivity (Wildman–Crippen MR) is 130 cm³/mol. The second-order valence-electron chi connectivity index (χ2n) is 8.13. The van der Waals surface area contributed by atoms with E-state index in [0.29, 0.717) is 6.54 Å². The second kappa shape index (κ2) is 11.5. The maximum Gasteiger partial charge on any atom is 0.217 e. The van der Waals surface area contributed by atoms with Gasteiger partial charge in [0.15, 0.2) is 6.29 Å². The molecule has 1 fully saturated rings. The van der Waals surface area contributed by atoms with Gasteiger partial charge in [0.2, 0.25) is 5.91 Å². The molecule has 0 aromatic heterocycles. The monoisotopic (exact) mass is 463 g/mol. The summed E-state index contributed by atoms with van der Waals surface area (Å²) in [6.45, 7) is 2.04. The van der Waals surface area contributed by atoms with E-state index in [1.54, 1.807) is 11.8 Å². The van der Waals surface area contributed by atoms with Gasteiger partial charge in [-0.05, 0) is 28.8 Å². The van der Waals surface area contributed by atoms with E-state index in [2.05, 4.69) is 17.4 Å². The number of rotatable bonds is 8. The largest absolute Gasteiger partial charge is 0.392 e. The van der Waals surface area contributed by atoms with E-state index in [9.17, 15) is 9.90 Å². The third-order valence-corrected chi connectivity index (χ3v) is 6.73. The molecule has 1 saturated heterocycles. The molecule has 1 heterocycles. The van der Waals surface area contributed by atoms with Gasteiger partial charge in [0.05, 0.1) is 18.8 Å². The normalized spacial score (nSPS) is 20.4. The Morgan fingerprint density at radius 2 is 1.61 bits per heavy atom. The number of carbonyl (C=O) groups is 1. The molecule has 1 aliphatic rings. The van der Waals surface area contributed by atoms with Crippen LogP contribution in [0.15, 0.2) is 83.8 Å². The Morgan fingerprint density at radius 1 is 0.939 bits per heavy atom. The molecule has 5 nitrogen and oxygen atoms in total. The number of nitrogens with one attached hydrogen (secondary N) is 1. The number of aliphatic hydroxyl groups excluding tert-OH is 1. The molecule has 172 valence electrons. The molecule has 3 atom stereocenters. The van der Waals surface area contributed by atoms with Crippen LogP contribution >= 0.6 is 11.8 Å². The molecular weight excluding hydrogens is 434 g/mol. The van der Waals surface area contributed by atoms with Crippen LogP contribution in [0.3, 0.4) is 0 Å². The first-order chi connectivity index (χ1) is 16.1. The molecule has 1 amide bonds. The zero-order valence-corrected chi connectivity index (χ0v) is 19.5. The fourth-order valence-corrected chi connectivity index (χ4v) is 4.69. The smallest absolute Gasteiger partial charge is 0.217 e. The highest BCUT2D eigenvalue weighted by Crippen LogP contribution is 2.39. The van der Waals surface area contributed by atoms with E-state index in [1.807, 2.05) is 66.7 Å². The van der Waals surface area contributed by atoms with Crippen LogP contribution in [0.5, 0.6) is 0 Å². The van der Waals surface area contributed by atoms with Crippen molar-refractivity contribution in [2.24, 2.45) is 0 Å². The number of amides is 1. The number of hydrogen-bond acceptors (Lipinski definition) is 5. The van der Waals surface area contributed by atoms with Crippen molar-refractivity contribution >= 4 is 17.7 Å². The summed E-state index contributed by atoms with van der Waals surface area (Å²) in [7, 11) is 0. The van der Waals surface area contributed by atoms with Crippen LogP contribution in [0.4, 0.5) is 0 Å². The van der Waals surface area contributed by atoms with Gasteiger partial charge in [-0.3, -0.25) is 4.79 Å². The van der Waals surface area contributed by atoms with Gasteiger partial charge in [-0.25, -0.2) is 0 Å². The molecule has 1 aliphatic heterocycles. The molecule has 0 spiro atoms. The lowest BCUT2D eigenvalue weighted by atomic mass is 10.0. The SMILES string of the molecule is CC(=O)NCc1ccc([C@@H]2O[C@H](CSc3ccccc3)C[C@H](c3ccc(CO)cc3)O2)cc1. The number of thioether (sulfide) groups is 1. The average molecular weight is 464 g/mol. The second-order valence-corrected chi connectivity index (χ2v) is 9.22. The molecule has 6 heteroatoms. The Hall–Kier alpha value is -2.64. The molecule has 0 unspecified atom stereocenters. The molecule has 0 bridgehead atoms. The predicted octanol–water partition coefficient (Wildman–Crippen LogP) is 5.15. The van der Waals surface area contributed by atoms with Gasteiger partial charge >= 0.3 is 0 Å². The summed E-state index contributed by atoms with van der Waals surface area (Å²) in [5.41, 5.74) is 3.94. The lowest BCUT2D eigenvalue weighted by Gasteiger charge is -2.36. The zero-order valence-electron chi connectivity index (χ0n) is 18.6. The van der Waals surface area contributed by atoms with Crippen LogP contribution < -0.4 is 5.32 Å². The van der Waals surface area contributed by atoms with Gasteiger partial charge < -0.3 is 19.9 Å². The number of benzene rings is 3. The van der Waals surface area contributed by atoms with Crippen molar-refractivity contribution in [3.05, 3.63) is 101 Å². The standard InChI is InChI=1S/C27H29NO4S/c1-19(30)28-16-20-7-13-23(14-8-20)27-31-24(18-33-25-5-3-2-4-6-25)15-26(32-27)22-11-9-21(17-29)10-12-22/h2-14,24,26-27,29H,15-18H2,1H3,(H,28,30)/t24-,26+,27+/m0/s1. The van der Waals surface area contributed by atoms with Crippen molar-refractivity contribution in [3.8, 4) is 0 Å². The Labute approximate surface area is 199 Å². The lowest BCUT2D eigenvalue weighted by molar-refractivity contribution is -0.245. The van der Waals surface area contributed by atoms with Crippen LogP contribution in [0.2, 0.25) is 0 Å². The van der Waals surface area contributed by atoms with Crippen LogP contribution in [-0.2, 0) is 27.4 Å². The van der Waals surface area contributed by atoms with E-state index in [-0.39, 0.29) is 24.7 Å². The minimum atomic E-state index is -0.475. The number of aliphatic hydroxyl groups is 1. The summed E-state index contributed by atoms with van der Waals surface area (Å²) in [6.07, 6.45) is 0.208.